The molecule has 24 heteroatoms. The molecule has 0 aliphatic rings. The second-order valence-electron chi connectivity index (χ2n) is 20.3. The number of aliphatic carboxylic acids is 4. The van der Waals surface area contributed by atoms with Crippen LogP contribution in [0.25, 0.3) is 0 Å². The van der Waals surface area contributed by atoms with Gasteiger partial charge in [0.05, 0.1) is 149 Å². The number of carboxylic acid groups (broad SMARTS) is 4. The number of carbonyl (C=O) groups excluding carboxylic acids is 1. The second kappa shape index (κ2) is 40.0. The predicted molar refractivity (Wildman–Crippen MR) is 278 cm³/mol. The molecule has 440 valence electrons. The summed E-state index contributed by atoms with van der Waals surface area (Å²) in [6, 6.07) is 3.46. The van der Waals surface area contributed by atoms with Gasteiger partial charge < -0.3 is 77.3 Å². The lowest BCUT2D eigenvalue weighted by Gasteiger charge is -2.27. The van der Waals surface area contributed by atoms with Gasteiger partial charge in [-0.1, -0.05) is 0 Å². The van der Waals surface area contributed by atoms with Crippen LogP contribution in [0.15, 0.2) is 12.1 Å². The third-order valence-corrected chi connectivity index (χ3v) is 9.92. The molecule has 76 heavy (non-hydrogen) atoms. The maximum absolute atomic E-state index is 13.6. The summed E-state index contributed by atoms with van der Waals surface area (Å²) in [7, 11) is 0. The molecule has 4 N–H and O–H groups in total. The lowest BCUT2D eigenvalue weighted by atomic mass is 10.1. The van der Waals surface area contributed by atoms with Gasteiger partial charge in [-0.25, -0.2) is 0 Å². The van der Waals surface area contributed by atoms with Crippen LogP contribution in [0.3, 0.4) is 0 Å². The molecule has 1 rings (SSSR count). The highest BCUT2D eigenvalue weighted by atomic mass is 16.6. The van der Waals surface area contributed by atoms with Crippen molar-refractivity contribution in [3.8, 4) is 17.2 Å². The molecule has 0 unspecified atom stereocenters. The summed E-state index contributed by atoms with van der Waals surface area (Å²) in [6.07, 6.45) is 0.156. The molecule has 0 amide bonds. The number of hydrogen-bond donors (Lipinski definition) is 4. The van der Waals surface area contributed by atoms with Crippen molar-refractivity contribution in [3.63, 3.8) is 0 Å². The maximum atomic E-state index is 13.6. The molecular formula is C52H91N3O21. The first-order chi connectivity index (χ1) is 35.8. The van der Waals surface area contributed by atoms with Gasteiger partial charge in [-0.3, -0.25) is 38.7 Å². The van der Waals surface area contributed by atoms with Crippen molar-refractivity contribution >= 4 is 29.7 Å². The number of rotatable bonds is 49. The number of ether oxygens (including phenoxy) is 12. The molecule has 0 aromatic heterocycles. The van der Waals surface area contributed by atoms with E-state index < -0.39 is 50.1 Å². The van der Waals surface area contributed by atoms with Crippen molar-refractivity contribution in [2.75, 3.05) is 178 Å². The van der Waals surface area contributed by atoms with Gasteiger partial charge in [0.25, 0.3) is 0 Å². The molecule has 24 nitrogen and oxygen atoms in total. The normalized spacial score (nSPS) is 12.2. The van der Waals surface area contributed by atoms with E-state index in [4.69, 9.17) is 56.8 Å². The summed E-state index contributed by atoms with van der Waals surface area (Å²) >= 11 is 0. The first kappa shape index (κ1) is 69.7. The Balaban J connectivity index is 3.24. The predicted octanol–water partition coefficient (Wildman–Crippen LogP) is 3.11. The van der Waals surface area contributed by atoms with E-state index in [-0.39, 0.29) is 114 Å². The zero-order valence-corrected chi connectivity index (χ0v) is 46.7. The lowest BCUT2D eigenvalue weighted by Crippen LogP contribution is -2.45. The fraction of sp³-hybridized carbons (Fsp3) is 0.788. The van der Waals surface area contributed by atoms with Gasteiger partial charge in [0.15, 0.2) is 11.5 Å². The van der Waals surface area contributed by atoms with Gasteiger partial charge in [-0.15, -0.1) is 0 Å². The average molecular weight is 1090 g/mol. The molecule has 0 fully saturated rings. The number of nitrogens with zero attached hydrogens (tertiary/aromatic N) is 3. The van der Waals surface area contributed by atoms with E-state index >= 15 is 0 Å². The van der Waals surface area contributed by atoms with Crippen LogP contribution in [-0.4, -0.2) is 259 Å². The van der Waals surface area contributed by atoms with E-state index in [0.29, 0.717) is 96.3 Å². The van der Waals surface area contributed by atoms with Gasteiger partial charge >= 0.3 is 23.9 Å². The van der Waals surface area contributed by atoms with Gasteiger partial charge in [-0.2, -0.15) is 0 Å². The van der Waals surface area contributed by atoms with Crippen molar-refractivity contribution in [1.82, 2.24) is 14.7 Å². The smallest absolute Gasteiger partial charge is 0.317 e. The van der Waals surface area contributed by atoms with E-state index in [9.17, 15) is 44.4 Å². The Labute approximate surface area is 449 Å². The number of aryl methyl sites for hydroxylation is 1. The molecule has 0 saturated carbocycles. The number of ketones is 1. The van der Waals surface area contributed by atoms with Crippen LogP contribution < -0.4 is 14.2 Å². The Hall–Kier alpha value is -4.31. The summed E-state index contributed by atoms with van der Waals surface area (Å²) in [5.74, 6) is -4.34. The highest BCUT2D eigenvalue weighted by Gasteiger charge is 2.22. The maximum Gasteiger partial charge on any atom is 0.317 e. The van der Waals surface area contributed by atoms with Crippen molar-refractivity contribution in [2.24, 2.45) is 0 Å². The Morgan fingerprint density at radius 3 is 0.987 bits per heavy atom. The second-order valence-corrected chi connectivity index (χ2v) is 20.3. The standard InChI is InChI=1S/C52H91N3O21/c1-50(2,3)74-31-25-68-19-16-65-22-28-71-43-34-41(10-11-42(56)36-54(38-46(59)60)14-12-53(37-45(57)58)13-15-55(39-47(61)62)40-48(63)64)35-44(72-29-23-66-17-20-69-26-32-75-51(4,5)6)49(43)73-30-24-67-18-21-70-27-33-76-52(7,8)9/h34-35H,10-33,36-40H2,1-9H3,(H,57,58)(H,59,60)(H,61,62)(H,63,64). The molecule has 0 spiro atoms. The Bertz CT molecular complexity index is 1700. The zero-order chi connectivity index (χ0) is 56.8. The summed E-state index contributed by atoms with van der Waals surface area (Å²) in [5.41, 5.74) is -0.159. The minimum Gasteiger partial charge on any atom is -0.487 e. The van der Waals surface area contributed by atoms with Gasteiger partial charge in [0, 0.05) is 32.6 Å². The van der Waals surface area contributed by atoms with Crippen molar-refractivity contribution < 1.29 is 101 Å². The first-order valence-corrected chi connectivity index (χ1v) is 25.8. The number of Topliss-reactive ketones (excluding diaryl/α,β-unsaturated/α-hetero) is 1. The summed E-state index contributed by atoms with van der Waals surface area (Å²) < 4.78 is 70.0. The molecule has 0 aliphatic carbocycles. The minimum absolute atomic E-state index is 0.0120. The van der Waals surface area contributed by atoms with E-state index in [1.807, 2.05) is 62.3 Å². The van der Waals surface area contributed by atoms with Crippen molar-refractivity contribution in [1.29, 1.82) is 0 Å². The largest absolute Gasteiger partial charge is 0.487 e. The van der Waals surface area contributed by atoms with Crippen LogP contribution in [0.5, 0.6) is 17.2 Å². The topological polar surface area (TPSA) is 287 Å². The van der Waals surface area contributed by atoms with Gasteiger partial charge in [0.1, 0.15) is 25.6 Å². The van der Waals surface area contributed by atoms with E-state index in [2.05, 4.69) is 0 Å². The summed E-state index contributed by atoms with van der Waals surface area (Å²) in [5, 5.41) is 37.7. The van der Waals surface area contributed by atoms with Gasteiger partial charge in [0.2, 0.25) is 5.75 Å². The summed E-state index contributed by atoms with van der Waals surface area (Å²) in [6.45, 7) is 20.7. The lowest BCUT2D eigenvalue weighted by molar-refractivity contribution is -0.143. The van der Waals surface area contributed by atoms with Crippen LogP contribution in [0.1, 0.15) is 74.3 Å². The minimum atomic E-state index is -1.26. The van der Waals surface area contributed by atoms with Crippen LogP contribution in [0, 0.1) is 0 Å². The Kier molecular flexibility index (Phi) is 36.7. The SMILES string of the molecule is CC(C)(C)OCCOCCOCCOc1cc(CCC(=O)CN(CCN(CCN(CC(=O)O)CC(=O)O)CC(=O)O)CC(=O)O)cc(OCCOCCOCCOC(C)(C)C)c1OCCOCCOCCOC(C)(C)C. The van der Waals surface area contributed by atoms with Crippen LogP contribution >= 0.6 is 0 Å². The monoisotopic (exact) mass is 1090 g/mol. The Morgan fingerprint density at radius 1 is 0.382 bits per heavy atom. The number of benzene rings is 1. The molecule has 0 aliphatic heterocycles. The average Bonchev–Trinajstić information content (AvgIpc) is 3.29. The quantitative estimate of drug-likeness (QED) is 0.0682. The fourth-order valence-electron chi connectivity index (χ4n) is 6.58. The first-order valence-electron chi connectivity index (χ1n) is 25.8. The number of carbonyl (C=O) groups is 5. The van der Waals surface area contributed by atoms with Crippen LogP contribution in [0.2, 0.25) is 0 Å². The zero-order valence-electron chi connectivity index (χ0n) is 46.7. The Morgan fingerprint density at radius 2 is 0.658 bits per heavy atom. The highest BCUT2D eigenvalue weighted by molar-refractivity contribution is 5.81. The van der Waals surface area contributed by atoms with E-state index in [1.54, 1.807) is 12.1 Å². The van der Waals surface area contributed by atoms with Gasteiger partial charge in [-0.05, 0) is 86.4 Å². The molecule has 1 aromatic rings. The fourth-order valence-corrected chi connectivity index (χ4v) is 6.58. The molecule has 0 radical (unpaired) electrons. The third kappa shape index (κ3) is 41.8. The van der Waals surface area contributed by atoms with E-state index in [0.717, 1.165) is 4.90 Å². The van der Waals surface area contributed by atoms with E-state index in [1.165, 1.54) is 9.80 Å². The molecule has 0 saturated heterocycles. The number of carboxylic acids is 4. The summed E-state index contributed by atoms with van der Waals surface area (Å²) in [4.78, 5) is 63.7. The molecule has 0 bridgehead atoms. The third-order valence-electron chi connectivity index (χ3n) is 9.92. The molecule has 0 heterocycles. The molecule has 0 atom stereocenters. The van der Waals surface area contributed by atoms with Crippen LogP contribution in [-0.2, 0) is 73.0 Å². The van der Waals surface area contributed by atoms with Crippen molar-refractivity contribution in [2.45, 2.75) is 92.0 Å². The highest BCUT2D eigenvalue weighted by Crippen LogP contribution is 2.39. The number of hydrogen-bond acceptors (Lipinski definition) is 20. The molecule has 1 aromatic carbocycles. The van der Waals surface area contributed by atoms with Crippen molar-refractivity contribution in [3.05, 3.63) is 17.7 Å². The van der Waals surface area contributed by atoms with Crippen LogP contribution in [0.4, 0.5) is 0 Å². The molecular weight excluding hydrogens is 1000 g/mol.